The molecule has 4 aromatic rings. The predicted molar refractivity (Wildman–Crippen MR) is 188 cm³/mol. The van der Waals surface area contributed by atoms with Crippen LogP contribution < -0.4 is 16.2 Å². The minimum atomic E-state index is -0.608. The van der Waals surface area contributed by atoms with Crippen LogP contribution in [0.1, 0.15) is 59.5 Å². The van der Waals surface area contributed by atoms with Crippen LogP contribution in [0.2, 0.25) is 5.02 Å². The van der Waals surface area contributed by atoms with E-state index in [-0.39, 0.29) is 17.9 Å². The lowest BCUT2D eigenvalue weighted by Gasteiger charge is -2.29. The van der Waals surface area contributed by atoms with E-state index in [0.717, 1.165) is 28.1 Å². The van der Waals surface area contributed by atoms with Crippen LogP contribution in [0.15, 0.2) is 66.6 Å². The number of hydrogen-bond acceptors (Lipinski definition) is 6. The van der Waals surface area contributed by atoms with Gasteiger partial charge in [-0.25, -0.2) is 9.78 Å². The Bertz CT molecular complexity index is 1980. The summed E-state index contributed by atoms with van der Waals surface area (Å²) in [5.74, 6) is -0.202. The van der Waals surface area contributed by atoms with Gasteiger partial charge in [0.05, 0.1) is 28.5 Å². The third kappa shape index (κ3) is 6.88. The van der Waals surface area contributed by atoms with E-state index in [9.17, 15) is 14.4 Å². The molecule has 2 aromatic carbocycles. The summed E-state index contributed by atoms with van der Waals surface area (Å²) < 4.78 is 8.79. The molecule has 0 saturated carbocycles. The number of benzene rings is 2. The van der Waals surface area contributed by atoms with Crippen molar-refractivity contribution in [2.24, 2.45) is 14.1 Å². The number of fused-ring (bicyclic) bond motifs is 1. The van der Waals surface area contributed by atoms with E-state index in [1.54, 1.807) is 48.0 Å². The average Bonchev–Trinajstić information content (AvgIpc) is 3.35. The molecular formula is C36H39ClN6O4. The van der Waals surface area contributed by atoms with E-state index in [2.05, 4.69) is 28.8 Å². The highest BCUT2D eigenvalue weighted by molar-refractivity contribution is 6.36. The van der Waals surface area contributed by atoms with Crippen molar-refractivity contribution in [3.05, 3.63) is 111 Å². The molecule has 244 valence electrons. The minimum absolute atomic E-state index is 0.178. The predicted octanol–water partition coefficient (Wildman–Crippen LogP) is 7.02. The summed E-state index contributed by atoms with van der Waals surface area (Å²) in [5.41, 5.74) is 6.07. The summed E-state index contributed by atoms with van der Waals surface area (Å²) in [7, 11) is 3.48. The summed E-state index contributed by atoms with van der Waals surface area (Å²) in [6.45, 7) is 16.1. The maximum Gasteiger partial charge on any atom is 0.410 e. The molecule has 1 aliphatic rings. The van der Waals surface area contributed by atoms with Crippen LogP contribution in [0.5, 0.6) is 0 Å². The number of hydrogen-bond donors (Lipinski definition) is 2. The van der Waals surface area contributed by atoms with E-state index < -0.39 is 17.6 Å². The molecule has 2 amide bonds. The van der Waals surface area contributed by atoms with Gasteiger partial charge in [0, 0.05) is 55.9 Å². The molecule has 0 radical (unpaired) electrons. The van der Waals surface area contributed by atoms with Gasteiger partial charge >= 0.3 is 6.09 Å². The Morgan fingerprint density at radius 1 is 1.06 bits per heavy atom. The summed E-state index contributed by atoms with van der Waals surface area (Å²) in [6.07, 6.45) is 3.53. The van der Waals surface area contributed by atoms with E-state index in [1.165, 1.54) is 4.57 Å². The monoisotopic (exact) mass is 654 g/mol. The topological polar surface area (TPSA) is 110 Å². The highest BCUT2D eigenvalue weighted by atomic mass is 35.5. The first kappa shape index (κ1) is 33.3. The zero-order valence-corrected chi connectivity index (χ0v) is 28.3. The second-order valence-corrected chi connectivity index (χ2v) is 12.9. The number of pyridine rings is 1. The number of anilines is 2. The molecule has 0 atom stereocenters. The number of amides is 2. The number of rotatable bonds is 7. The van der Waals surface area contributed by atoms with Crippen LogP contribution in [0.4, 0.5) is 16.2 Å². The Kier molecular flexibility index (Phi) is 9.18. The fourth-order valence-electron chi connectivity index (χ4n) is 5.59. The summed E-state index contributed by atoms with van der Waals surface area (Å²) in [4.78, 5) is 45.2. The molecule has 5 rings (SSSR count). The molecule has 11 heteroatoms. The number of ether oxygens (including phenoxy) is 1. The first-order chi connectivity index (χ1) is 22.2. The van der Waals surface area contributed by atoms with E-state index >= 15 is 0 Å². The Balaban J connectivity index is 1.37. The van der Waals surface area contributed by atoms with Crippen LogP contribution in [0.3, 0.4) is 0 Å². The van der Waals surface area contributed by atoms with Crippen molar-refractivity contribution in [3.63, 3.8) is 0 Å². The van der Waals surface area contributed by atoms with Gasteiger partial charge in [-0.05, 0) is 62.6 Å². The van der Waals surface area contributed by atoms with Gasteiger partial charge in [0.15, 0.2) is 5.82 Å². The molecule has 1 aliphatic heterocycles. The van der Waals surface area contributed by atoms with Crippen molar-refractivity contribution >= 4 is 46.7 Å². The second-order valence-electron chi connectivity index (χ2n) is 12.5. The molecule has 0 unspecified atom stereocenters. The SMILES string of the molecule is C=Cc1cc(C(=C)Nc2cccc(-c3cccc(NC(=O)c4nc5c(n4C)CCN(C(=O)OC(C)(C)C)C5)c3Cl)c2C)c(=O)n(C)c1. The van der Waals surface area contributed by atoms with Crippen molar-refractivity contribution in [2.45, 2.75) is 46.3 Å². The number of aryl methyl sites for hydroxylation is 1. The van der Waals surface area contributed by atoms with Crippen molar-refractivity contribution in [3.8, 4) is 11.1 Å². The number of carbonyl (C=O) groups is 2. The van der Waals surface area contributed by atoms with Crippen LogP contribution in [0, 0.1) is 6.92 Å². The third-order valence-corrected chi connectivity index (χ3v) is 8.44. The van der Waals surface area contributed by atoms with Crippen LogP contribution in [-0.4, -0.2) is 43.2 Å². The van der Waals surface area contributed by atoms with Gasteiger partial charge < -0.3 is 29.4 Å². The lowest BCUT2D eigenvalue weighted by atomic mass is 9.98. The fraction of sp³-hybridized carbons (Fsp3) is 0.278. The van der Waals surface area contributed by atoms with Gasteiger partial charge in [-0.15, -0.1) is 0 Å². The number of nitrogens with one attached hydrogen (secondary N) is 2. The number of imidazole rings is 1. The molecule has 47 heavy (non-hydrogen) atoms. The summed E-state index contributed by atoms with van der Waals surface area (Å²) >= 11 is 6.93. The molecule has 0 aliphatic carbocycles. The highest BCUT2D eigenvalue weighted by Crippen LogP contribution is 2.38. The maximum absolute atomic E-state index is 13.5. The first-order valence-electron chi connectivity index (χ1n) is 15.2. The number of carbonyl (C=O) groups excluding carboxylic acids is 2. The summed E-state index contributed by atoms with van der Waals surface area (Å²) in [5, 5.41) is 6.59. The molecule has 0 bridgehead atoms. The third-order valence-electron chi connectivity index (χ3n) is 8.03. The maximum atomic E-state index is 13.5. The number of nitrogens with zero attached hydrogens (tertiary/aromatic N) is 4. The number of halogens is 1. The fourth-order valence-corrected chi connectivity index (χ4v) is 5.86. The van der Waals surface area contributed by atoms with Gasteiger partial charge in [0.25, 0.3) is 11.5 Å². The molecule has 2 aromatic heterocycles. The highest BCUT2D eigenvalue weighted by Gasteiger charge is 2.30. The Morgan fingerprint density at radius 3 is 2.43 bits per heavy atom. The van der Waals surface area contributed by atoms with Crippen LogP contribution in [0.25, 0.3) is 22.9 Å². The Morgan fingerprint density at radius 2 is 1.74 bits per heavy atom. The standard InChI is InChI=1S/C36H39ClN6O4/c1-9-23-18-26(34(45)41(7)19-23)22(3)38-27-14-10-12-24(21(27)2)25-13-11-15-28(31(25)37)40-33(44)32-39-29-20-43(17-16-30(29)42(32)8)35(46)47-36(4,5)6/h9-15,18-19,38H,1,3,16-17,20H2,2,4-8H3,(H,40,44). The lowest BCUT2D eigenvalue weighted by molar-refractivity contribution is 0.0220. The molecular weight excluding hydrogens is 616 g/mol. The van der Waals surface area contributed by atoms with Crippen molar-refractivity contribution in [1.29, 1.82) is 0 Å². The molecule has 0 saturated heterocycles. The van der Waals surface area contributed by atoms with Gasteiger partial charge in [0.1, 0.15) is 5.60 Å². The quantitative estimate of drug-likeness (QED) is 0.222. The van der Waals surface area contributed by atoms with Gasteiger partial charge in [0.2, 0.25) is 0 Å². The van der Waals surface area contributed by atoms with Gasteiger partial charge in [-0.1, -0.05) is 55.1 Å². The van der Waals surface area contributed by atoms with Crippen LogP contribution in [-0.2, 0) is 31.8 Å². The van der Waals surface area contributed by atoms with Gasteiger partial charge in [-0.3, -0.25) is 9.59 Å². The van der Waals surface area contributed by atoms with Crippen LogP contribution >= 0.6 is 11.6 Å². The second kappa shape index (κ2) is 13.0. The zero-order valence-electron chi connectivity index (χ0n) is 27.5. The smallest absolute Gasteiger partial charge is 0.410 e. The van der Waals surface area contributed by atoms with Crippen molar-refractivity contribution < 1.29 is 14.3 Å². The molecule has 2 N–H and O–H groups in total. The Hall–Kier alpha value is -5.09. The number of aromatic nitrogens is 3. The van der Waals surface area contributed by atoms with E-state index in [1.807, 2.05) is 58.0 Å². The molecule has 0 spiro atoms. The van der Waals surface area contributed by atoms with Gasteiger partial charge in [-0.2, -0.15) is 0 Å². The van der Waals surface area contributed by atoms with E-state index in [0.29, 0.717) is 46.2 Å². The Labute approximate surface area is 279 Å². The van der Waals surface area contributed by atoms with E-state index in [4.69, 9.17) is 16.3 Å². The van der Waals surface area contributed by atoms with Crippen molar-refractivity contribution in [2.75, 3.05) is 17.2 Å². The largest absolute Gasteiger partial charge is 0.444 e. The molecule has 3 heterocycles. The summed E-state index contributed by atoms with van der Waals surface area (Å²) in [6, 6.07) is 12.9. The first-order valence-corrected chi connectivity index (χ1v) is 15.6. The molecule has 10 nitrogen and oxygen atoms in total. The molecule has 0 fully saturated rings. The minimum Gasteiger partial charge on any atom is -0.444 e. The normalized spacial score (nSPS) is 12.7. The van der Waals surface area contributed by atoms with Crippen molar-refractivity contribution in [1.82, 2.24) is 19.0 Å². The lowest BCUT2D eigenvalue weighted by Crippen LogP contribution is -2.40. The zero-order chi connectivity index (χ0) is 34.2. The average molecular weight is 655 g/mol.